The van der Waals surface area contributed by atoms with Gasteiger partial charge in [-0.1, -0.05) is 13.3 Å². The molecule has 0 radical (unpaired) electrons. The van der Waals surface area contributed by atoms with Crippen LogP contribution in [0.1, 0.15) is 35.9 Å². The van der Waals surface area contributed by atoms with E-state index in [0.717, 1.165) is 6.42 Å². The second-order valence-corrected chi connectivity index (χ2v) is 4.85. The van der Waals surface area contributed by atoms with Gasteiger partial charge in [0.1, 0.15) is 11.4 Å². The van der Waals surface area contributed by atoms with Crippen molar-refractivity contribution >= 4 is 16.9 Å². The first kappa shape index (κ1) is 14.5. The maximum Gasteiger partial charge on any atom is 0.287 e. The van der Waals surface area contributed by atoms with Crippen LogP contribution in [0.25, 0.3) is 11.0 Å². The van der Waals surface area contributed by atoms with Gasteiger partial charge < -0.3 is 14.8 Å². The van der Waals surface area contributed by atoms with Crippen LogP contribution in [0.15, 0.2) is 22.6 Å². The molecule has 1 aromatic heterocycles. The van der Waals surface area contributed by atoms with Gasteiger partial charge in [0.2, 0.25) is 0 Å². The molecule has 0 bridgehead atoms. The van der Waals surface area contributed by atoms with Crippen molar-refractivity contribution in [2.45, 2.75) is 32.8 Å². The number of fused-ring (bicyclic) bond motifs is 1. The molecule has 4 nitrogen and oxygen atoms in total. The standard InChI is InChI=1S/C15H18FNO3/c1-3-4-11(18)8-17-15(19)14-9(2)12-7-10(16)5-6-13(12)20-14/h5-7,11,18H,3-4,8H2,1-2H3,(H,17,19). The normalized spacial score (nSPS) is 12.6. The Morgan fingerprint density at radius 1 is 1.50 bits per heavy atom. The number of hydrogen-bond donors (Lipinski definition) is 2. The van der Waals surface area contributed by atoms with Gasteiger partial charge in [0.25, 0.3) is 5.91 Å². The molecule has 108 valence electrons. The van der Waals surface area contributed by atoms with Crippen LogP contribution in [-0.4, -0.2) is 23.7 Å². The van der Waals surface area contributed by atoms with E-state index < -0.39 is 12.0 Å². The number of nitrogens with one attached hydrogen (secondary N) is 1. The molecule has 0 saturated heterocycles. The van der Waals surface area contributed by atoms with Gasteiger partial charge in [0.05, 0.1) is 6.10 Å². The highest BCUT2D eigenvalue weighted by atomic mass is 19.1. The van der Waals surface area contributed by atoms with Crippen LogP contribution in [0.2, 0.25) is 0 Å². The number of aryl methyl sites for hydroxylation is 1. The first-order valence-corrected chi connectivity index (χ1v) is 6.67. The third kappa shape index (κ3) is 2.99. The van der Waals surface area contributed by atoms with Crippen molar-refractivity contribution in [3.8, 4) is 0 Å². The summed E-state index contributed by atoms with van der Waals surface area (Å²) in [6.45, 7) is 3.85. The molecule has 1 amide bonds. The van der Waals surface area contributed by atoms with Gasteiger partial charge in [-0.3, -0.25) is 4.79 Å². The van der Waals surface area contributed by atoms with Crippen LogP contribution in [0.4, 0.5) is 4.39 Å². The molecule has 1 unspecified atom stereocenters. The molecule has 0 aliphatic rings. The van der Waals surface area contributed by atoms with Gasteiger partial charge >= 0.3 is 0 Å². The lowest BCUT2D eigenvalue weighted by molar-refractivity contribution is 0.0884. The molecule has 1 atom stereocenters. The fraction of sp³-hybridized carbons (Fsp3) is 0.400. The molecule has 2 N–H and O–H groups in total. The van der Waals surface area contributed by atoms with Gasteiger partial charge in [-0.15, -0.1) is 0 Å². The lowest BCUT2D eigenvalue weighted by atomic mass is 10.1. The van der Waals surface area contributed by atoms with E-state index >= 15 is 0 Å². The van der Waals surface area contributed by atoms with Crippen molar-refractivity contribution in [1.29, 1.82) is 0 Å². The molecule has 2 aromatic rings. The molecule has 0 aliphatic carbocycles. The van der Waals surface area contributed by atoms with E-state index in [0.29, 0.717) is 23.0 Å². The van der Waals surface area contributed by atoms with Crippen molar-refractivity contribution in [3.63, 3.8) is 0 Å². The first-order chi connectivity index (χ1) is 9.52. The van der Waals surface area contributed by atoms with Crippen LogP contribution in [-0.2, 0) is 0 Å². The lowest BCUT2D eigenvalue weighted by Crippen LogP contribution is -2.32. The summed E-state index contributed by atoms with van der Waals surface area (Å²) < 4.78 is 18.6. The third-order valence-electron chi connectivity index (χ3n) is 3.22. The van der Waals surface area contributed by atoms with Crippen molar-refractivity contribution in [2.75, 3.05) is 6.54 Å². The number of amides is 1. The number of furan rings is 1. The van der Waals surface area contributed by atoms with E-state index in [1.807, 2.05) is 6.92 Å². The van der Waals surface area contributed by atoms with Crippen LogP contribution in [0.3, 0.4) is 0 Å². The van der Waals surface area contributed by atoms with E-state index in [1.54, 1.807) is 6.92 Å². The lowest BCUT2D eigenvalue weighted by Gasteiger charge is -2.09. The quantitative estimate of drug-likeness (QED) is 0.884. The highest BCUT2D eigenvalue weighted by Gasteiger charge is 2.18. The summed E-state index contributed by atoms with van der Waals surface area (Å²) in [6.07, 6.45) is 0.913. The Bertz CT molecular complexity index is 621. The first-order valence-electron chi connectivity index (χ1n) is 6.67. The van der Waals surface area contributed by atoms with Crippen molar-refractivity contribution in [1.82, 2.24) is 5.32 Å². The van der Waals surface area contributed by atoms with Gasteiger partial charge in [0.15, 0.2) is 5.76 Å². The number of benzene rings is 1. The Hall–Kier alpha value is -1.88. The highest BCUT2D eigenvalue weighted by Crippen LogP contribution is 2.25. The van der Waals surface area contributed by atoms with Crippen LogP contribution >= 0.6 is 0 Å². The van der Waals surface area contributed by atoms with E-state index in [2.05, 4.69) is 5.32 Å². The largest absolute Gasteiger partial charge is 0.451 e. The van der Waals surface area contributed by atoms with E-state index in [9.17, 15) is 14.3 Å². The number of carbonyl (C=O) groups is 1. The summed E-state index contributed by atoms with van der Waals surface area (Å²) in [5.41, 5.74) is 1.07. The SMILES string of the molecule is CCCC(O)CNC(=O)c1oc2ccc(F)cc2c1C. The average Bonchev–Trinajstić information content (AvgIpc) is 2.74. The molecular formula is C15H18FNO3. The Labute approximate surface area is 116 Å². The predicted octanol–water partition coefficient (Wildman–Crippen LogP) is 2.77. The summed E-state index contributed by atoms with van der Waals surface area (Å²) in [4.78, 5) is 12.0. The zero-order chi connectivity index (χ0) is 14.7. The average molecular weight is 279 g/mol. The van der Waals surface area contributed by atoms with Crippen molar-refractivity contribution in [3.05, 3.63) is 35.3 Å². The number of hydrogen-bond acceptors (Lipinski definition) is 3. The molecule has 1 aromatic carbocycles. The molecule has 1 heterocycles. The van der Waals surface area contributed by atoms with E-state index in [-0.39, 0.29) is 18.1 Å². The Morgan fingerprint density at radius 2 is 2.25 bits per heavy atom. The Morgan fingerprint density at radius 3 is 2.95 bits per heavy atom. The molecule has 0 fully saturated rings. The molecule has 0 saturated carbocycles. The molecule has 2 rings (SSSR count). The van der Waals surface area contributed by atoms with E-state index in [1.165, 1.54) is 18.2 Å². The summed E-state index contributed by atoms with van der Waals surface area (Å²) in [5, 5.41) is 12.8. The summed E-state index contributed by atoms with van der Waals surface area (Å²) in [5.74, 6) is -0.602. The molecule has 20 heavy (non-hydrogen) atoms. The maximum absolute atomic E-state index is 13.2. The summed E-state index contributed by atoms with van der Waals surface area (Å²) in [7, 11) is 0. The molecule has 0 aliphatic heterocycles. The van der Waals surface area contributed by atoms with Gasteiger partial charge in [-0.05, 0) is 31.5 Å². The van der Waals surface area contributed by atoms with Gasteiger partial charge in [-0.25, -0.2) is 4.39 Å². The third-order valence-corrected chi connectivity index (χ3v) is 3.22. The predicted molar refractivity (Wildman–Crippen MR) is 74.2 cm³/mol. The highest BCUT2D eigenvalue weighted by molar-refractivity contribution is 5.98. The van der Waals surface area contributed by atoms with Crippen molar-refractivity contribution in [2.24, 2.45) is 0 Å². The van der Waals surface area contributed by atoms with Crippen LogP contribution in [0.5, 0.6) is 0 Å². The second kappa shape index (κ2) is 6.05. The van der Waals surface area contributed by atoms with Crippen molar-refractivity contribution < 1.29 is 18.7 Å². The zero-order valence-corrected chi connectivity index (χ0v) is 11.6. The number of rotatable bonds is 5. The zero-order valence-electron chi connectivity index (χ0n) is 11.6. The van der Waals surface area contributed by atoms with Crippen LogP contribution < -0.4 is 5.32 Å². The monoisotopic (exact) mass is 279 g/mol. The Balaban J connectivity index is 2.16. The number of aliphatic hydroxyl groups is 1. The van der Waals surface area contributed by atoms with Gasteiger partial charge in [0, 0.05) is 17.5 Å². The maximum atomic E-state index is 13.2. The number of carbonyl (C=O) groups excluding carboxylic acids is 1. The molecule has 5 heteroatoms. The molecule has 0 spiro atoms. The fourth-order valence-corrected chi connectivity index (χ4v) is 2.14. The minimum atomic E-state index is -0.564. The summed E-state index contributed by atoms with van der Waals surface area (Å²) >= 11 is 0. The molecular weight excluding hydrogens is 261 g/mol. The fourth-order valence-electron chi connectivity index (χ4n) is 2.14. The second-order valence-electron chi connectivity index (χ2n) is 4.85. The minimum Gasteiger partial charge on any atom is -0.451 e. The number of aliphatic hydroxyl groups excluding tert-OH is 1. The summed E-state index contributed by atoms with van der Waals surface area (Å²) in [6, 6.07) is 4.13. The van der Waals surface area contributed by atoms with Gasteiger partial charge in [-0.2, -0.15) is 0 Å². The Kier molecular flexibility index (Phi) is 4.39. The minimum absolute atomic E-state index is 0.161. The number of halogens is 1. The van der Waals surface area contributed by atoms with Crippen LogP contribution in [0, 0.1) is 12.7 Å². The topological polar surface area (TPSA) is 62.5 Å². The van der Waals surface area contributed by atoms with E-state index in [4.69, 9.17) is 4.42 Å². The smallest absolute Gasteiger partial charge is 0.287 e.